The van der Waals surface area contributed by atoms with Gasteiger partial charge in [-0.05, 0) is 52.3 Å². The molecule has 1 amide bonds. The van der Waals surface area contributed by atoms with E-state index in [1.165, 1.54) is 0 Å². The van der Waals surface area contributed by atoms with Gasteiger partial charge in [-0.25, -0.2) is 4.98 Å². The van der Waals surface area contributed by atoms with Crippen LogP contribution in [0.25, 0.3) is 10.9 Å². The zero-order chi connectivity index (χ0) is 13.9. The molecule has 4 nitrogen and oxygen atoms in total. The Hall–Kier alpha value is -2.27. The first kappa shape index (κ1) is 12.7. The average molecular weight is 328 g/mol. The van der Waals surface area contributed by atoms with Gasteiger partial charge in [-0.2, -0.15) is 0 Å². The molecule has 0 aliphatic carbocycles. The fourth-order valence-corrected chi connectivity index (χ4v) is 2.23. The van der Waals surface area contributed by atoms with Gasteiger partial charge in [-0.15, -0.1) is 0 Å². The summed E-state index contributed by atoms with van der Waals surface area (Å²) in [6.45, 7) is 0. The molecule has 0 atom stereocenters. The van der Waals surface area contributed by atoms with Crippen molar-refractivity contribution in [1.82, 2.24) is 9.97 Å². The third-order valence-corrected chi connectivity index (χ3v) is 3.25. The van der Waals surface area contributed by atoms with Crippen molar-refractivity contribution in [2.75, 3.05) is 5.32 Å². The molecule has 2 aromatic heterocycles. The molecule has 0 unspecified atom stereocenters. The number of amides is 1. The monoisotopic (exact) mass is 327 g/mol. The summed E-state index contributed by atoms with van der Waals surface area (Å²) >= 11 is 3.25. The molecule has 0 radical (unpaired) electrons. The number of pyridine rings is 2. The molecule has 0 aliphatic heterocycles. The lowest BCUT2D eigenvalue weighted by Gasteiger charge is -2.06. The zero-order valence-corrected chi connectivity index (χ0v) is 12.0. The standard InChI is InChI=1S/C15H10BrN3O/c16-14-5-1-4-13(19-14)15(20)18-11-6-7-12-10(9-11)3-2-8-17-12/h1-9H,(H,18,20). The number of nitrogens with one attached hydrogen (secondary N) is 1. The minimum absolute atomic E-state index is 0.241. The van der Waals surface area contributed by atoms with Gasteiger partial charge >= 0.3 is 0 Å². The van der Waals surface area contributed by atoms with Gasteiger partial charge in [0.15, 0.2) is 0 Å². The van der Waals surface area contributed by atoms with Crippen LogP contribution in [0.2, 0.25) is 0 Å². The second-order valence-electron chi connectivity index (χ2n) is 4.21. The van der Waals surface area contributed by atoms with Crippen molar-refractivity contribution in [3.8, 4) is 0 Å². The summed E-state index contributed by atoms with van der Waals surface area (Å²) in [5.74, 6) is -0.241. The summed E-state index contributed by atoms with van der Waals surface area (Å²) in [6.07, 6.45) is 1.74. The van der Waals surface area contributed by atoms with Crippen LogP contribution in [0.4, 0.5) is 5.69 Å². The van der Waals surface area contributed by atoms with Crippen molar-refractivity contribution >= 4 is 38.4 Å². The van der Waals surface area contributed by atoms with Gasteiger partial charge in [0.05, 0.1) is 5.52 Å². The lowest BCUT2D eigenvalue weighted by atomic mass is 10.2. The quantitative estimate of drug-likeness (QED) is 0.731. The van der Waals surface area contributed by atoms with Crippen LogP contribution in [0.3, 0.4) is 0 Å². The average Bonchev–Trinajstić information content (AvgIpc) is 2.47. The summed E-state index contributed by atoms with van der Waals surface area (Å²) in [4.78, 5) is 20.5. The fraction of sp³-hybridized carbons (Fsp3) is 0. The summed E-state index contributed by atoms with van der Waals surface area (Å²) in [6, 6.07) is 14.6. The van der Waals surface area contributed by atoms with Crippen molar-refractivity contribution in [1.29, 1.82) is 0 Å². The molecule has 0 aliphatic rings. The Bertz CT molecular complexity index is 789. The molecule has 1 aromatic carbocycles. The molecule has 0 spiro atoms. The summed E-state index contributed by atoms with van der Waals surface area (Å²) in [5, 5.41) is 3.81. The van der Waals surface area contributed by atoms with Crippen LogP contribution in [-0.2, 0) is 0 Å². The first-order chi connectivity index (χ1) is 9.72. The van der Waals surface area contributed by atoms with Gasteiger partial charge in [0.25, 0.3) is 5.91 Å². The minimum atomic E-state index is -0.241. The van der Waals surface area contributed by atoms with E-state index in [0.29, 0.717) is 10.3 Å². The number of halogens is 1. The number of carbonyl (C=O) groups excluding carboxylic acids is 1. The van der Waals surface area contributed by atoms with Crippen molar-refractivity contribution < 1.29 is 4.79 Å². The Labute approximate surface area is 124 Å². The molecule has 98 valence electrons. The van der Waals surface area contributed by atoms with Crippen LogP contribution in [0.15, 0.2) is 59.3 Å². The van der Waals surface area contributed by atoms with Gasteiger partial charge < -0.3 is 5.32 Å². The van der Waals surface area contributed by atoms with Crippen molar-refractivity contribution in [3.63, 3.8) is 0 Å². The predicted octanol–water partition coefficient (Wildman–Crippen LogP) is 3.64. The van der Waals surface area contributed by atoms with Crippen molar-refractivity contribution in [3.05, 3.63) is 65.0 Å². The number of benzene rings is 1. The molecule has 0 bridgehead atoms. The van der Waals surface area contributed by atoms with E-state index in [2.05, 4.69) is 31.2 Å². The molecule has 20 heavy (non-hydrogen) atoms. The molecular formula is C15H10BrN3O. The van der Waals surface area contributed by atoms with Crippen LogP contribution < -0.4 is 5.32 Å². The number of rotatable bonds is 2. The Morgan fingerprint density at radius 3 is 2.85 bits per heavy atom. The molecule has 5 heteroatoms. The molecule has 0 fully saturated rings. The predicted molar refractivity (Wildman–Crippen MR) is 81.6 cm³/mol. The second kappa shape index (κ2) is 5.38. The van der Waals surface area contributed by atoms with E-state index in [4.69, 9.17) is 0 Å². The fourth-order valence-electron chi connectivity index (χ4n) is 1.88. The van der Waals surface area contributed by atoms with Crippen molar-refractivity contribution in [2.45, 2.75) is 0 Å². The first-order valence-corrected chi connectivity index (χ1v) is 6.80. The topological polar surface area (TPSA) is 54.9 Å². The number of hydrogen-bond acceptors (Lipinski definition) is 3. The normalized spacial score (nSPS) is 10.4. The maximum atomic E-state index is 12.1. The Kier molecular flexibility index (Phi) is 3.43. The number of fused-ring (bicyclic) bond motifs is 1. The third kappa shape index (κ3) is 2.67. The van der Waals surface area contributed by atoms with Gasteiger partial charge in [-0.1, -0.05) is 12.1 Å². The zero-order valence-electron chi connectivity index (χ0n) is 10.4. The van der Waals surface area contributed by atoms with E-state index in [9.17, 15) is 4.79 Å². The lowest BCUT2D eigenvalue weighted by molar-refractivity contribution is 0.102. The largest absolute Gasteiger partial charge is 0.321 e. The van der Waals surface area contributed by atoms with Crippen molar-refractivity contribution in [2.24, 2.45) is 0 Å². The van der Waals surface area contributed by atoms with Crippen LogP contribution in [0.1, 0.15) is 10.5 Å². The molecule has 2 heterocycles. The molecular weight excluding hydrogens is 318 g/mol. The van der Waals surface area contributed by atoms with Crippen LogP contribution in [0.5, 0.6) is 0 Å². The third-order valence-electron chi connectivity index (χ3n) is 2.81. The van der Waals surface area contributed by atoms with Gasteiger partial charge in [0.2, 0.25) is 0 Å². The van der Waals surface area contributed by atoms with E-state index in [1.807, 2.05) is 30.3 Å². The van der Waals surface area contributed by atoms with Crippen LogP contribution in [0, 0.1) is 0 Å². The molecule has 3 rings (SSSR count). The number of hydrogen-bond donors (Lipinski definition) is 1. The Morgan fingerprint density at radius 2 is 2.00 bits per heavy atom. The number of anilines is 1. The molecule has 3 aromatic rings. The van der Waals surface area contributed by atoms with E-state index >= 15 is 0 Å². The summed E-state index contributed by atoms with van der Waals surface area (Å²) in [5.41, 5.74) is 1.98. The lowest BCUT2D eigenvalue weighted by Crippen LogP contribution is -2.13. The van der Waals surface area contributed by atoms with Crippen LogP contribution >= 0.6 is 15.9 Å². The Morgan fingerprint density at radius 1 is 1.10 bits per heavy atom. The van der Waals surface area contributed by atoms with Gasteiger partial charge in [0.1, 0.15) is 10.3 Å². The molecule has 0 saturated carbocycles. The van der Waals surface area contributed by atoms with Crippen LogP contribution in [-0.4, -0.2) is 15.9 Å². The van der Waals surface area contributed by atoms with Gasteiger partial charge in [-0.3, -0.25) is 9.78 Å². The maximum Gasteiger partial charge on any atom is 0.274 e. The van der Waals surface area contributed by atoms with E-state index < -0.39 is 0 Å². The summed E-state index contributed by atoms with van der Waals surface area (Å²) in [7, 11) is 0. The second-order valence-corrected chi connectivity index (χ2v) is 5.02. The highest BCUT2D eigenvalue weighted by Crippen LogP contribution is 2.17. The number of aromatic nitrogens is 2. The molecule has 1 N–H and O–H groups in total. The number of nitrogens with zero attached hydrogens (tertiary/aromatic N) is 2. The van der Waals surface area contributed by atoms with E-state index in [0.717, 1.165) is 16.6 Å². The highest BCUT2D eigenvalue weighted by atomic mass is 79.9. The maximum absolute atomic E-state index is 12.1. The SMILES string of the molecule is O=C(Nc1ccc2ncccc2c1)c1cccc(Br)n1. The highest BCUT2D eigenvalue weighted by molar-refractivity contribution is 9.10. The van der Waals surface area contributed by atoms with Gasteiger partial charge in [0, 0.05) is 17.3 Å². The number of carbonyl (C=O) groups is 1. The molecule has 0 saturated heterocycles. The van der Waals surface area contributed by atoms with E-state index in [1.54, 1.807) is 24.4 Å². The Balaban J connectivity index is 1.87. The smallest absolute Gasteiger partial charge is 0.274 e. The minimum Gasteiger partial charge on any atom is -0.321 e. The first-order valence-electron chi connectivity index (χ1n) is 6.01. The summed E-state index contributed by atoms with van der Waals surface area (Å²) < 4.78 is 0.632. The van der Waals surface area contributed by atoms with E-state index in [-0.39, 0.29) is 5.91 Å². The highest BCUT2D eigenvalue weighted by Gasteiger charge is 2.08.